The largest absolute Gasteiger partial charge is 0.385 e. The van der Waals surface area contributed by atoms with Crippen LogP contribution in [0.5, 0.6) is 0 Å². The third kappa shape index (κ3) is 5.89. The van der Waals surface area contributed by atoms with Gasteiger partial charge in [0.25, 0.3) is 10.0 Å². The van der Waals surface area contributed by atoms with Crippen molar-refractivity contribution in [2.45, 2.75) is 34.2 Å². The van der Waals surface area contributed by atoms with E-state index in [-0.39, 0.29) is 21.0 Å². The number of methoxy groups -OCH3 is 1. The summed E-state index contributed by atoms with van der Waals surface area (Å²) in [5.74, 6) is 1.84. The average molecular weight is 458 g/mol. The number of likely N-dealkylation sites (N-methyl/N-ethyl adjacent to an activating group) is 1. The molecule has 0 aromatic carbocycles. The highest BCUT2D eigenvalue weighted by Gasteiger charge is 2.39. The molecule has 1 aliphatic rings. The summed E-state index contributed by atoms with van der Waals surface area (Å²) in [5, 5.41) is 8.45. The van der Waals surface area contributed by atoms with Crippen LogP contribution in [0.3, 0.4) is 0 Å². The highest BCUT2D eigenvalue weighted by Crippen LogP contribution is 2.39. The zero-order chi connectivity index (χ0) is 20.1. The highest BCUT2D eigenvalue weighted by atomic mass is 32.3. The predicted octanol–water partition coefficient (Wildman–Crippen LogP) is 1.21. The smallest absolute Gasteiger partial charge is 0.252 e. The van der Waals surface area contributed by atoms with E-state index in [9.17, 15) is 16.8 Å². The normalized spacial score (nSPS) is 19.9. The van der Waals surface area contributed by atoms with Gasteiger partial charge >= 0.3 is 0 Å². The second kappa shape index (κ2) is 10.0. The molecule has 2 heterocycles. The summed E-state index contributed by atoms with van der Waals surface area (Å²) in [6, 6.07) is 1.15. The van der Waals surface area contributed by atoms with E-state index in [1.54, 1.807) is 18.9 Å². The molecule has 1 aliphatic heterocycles. The van der Waals surface area contributed by atoms with Crippen molar-refractivity contribution in [3.63, 3.8) is 0 Å². The summed E-state index contributed by atoms with van der Waals surface area (Å²) in [4.78, 5) is 0. The summed E-state index contributed by atoms with van der Waals surface area (Å²) in [6.07, 6.45) is 1.71. The minimum atomic E-state index is -3.94. The van der Waals surface area contributed by atoms with Gasteiger partial charge in [-0.05, 0) is 37.0 Å². The van der Waals surface area contributed by atoms with Crippen LogP contribution in [0, 0.1) is 0 Å². The van der Waals surface area contributed by atoms with Gasteiger partial charge in [0.15, 0.2) is 0 Å². The summed E-state index contributed by atoms with van der Waals surface area (Å²) in [5.41, 5.74) is 0.496. The quantitative estimate of drug-likeness (QED) is 0.479. The van der Waals surface area contributed by atoms with Crippen molar-refractivity contribution in [2.75, 3.05) is 44.9 Å². The number of thiophene rings is 1. The molecule has 156 valence electrons. The molecule has 3 N–H and O–H groups in total. The van der Waals surface area contributed by atoms with E-state index in [0.29, 0.717) is 18.7 Å². The van der Waals surface area contributed by atoms with E-state index < -0.39 is 20.0 Å². The van der Waals surface area contributed by atoms with Crippen LogP contribution < -0.4 is 10.5 Å². The van der Waals surface area contributed by atoms with Crippen molar-refractivity contribution in [2.24, 2.45) is 5.14 Å². The Kier molecular flexibility index (Phi) is 8.55. The average Bonchev–Trinajstić information content (AvgIpc) is 3.05. The molecule has 8 nitrogen and oxygen atoms in total. The number of hydrogen-bond donors (Lipinski definition) is 2. The summed E-state index contributed by atoms with van der Waals surface area (Å²) < 4.78 is 55.7. The number of rotatable bonds is 11. The van der Waals surface area contributed by atoms with Crippen LogP contribution in [0.25, 0.3) is 0 Å². The van der Waals surface area contributed by atoms with Gasteiger partial charge in [-0.25, -0.2) is 22.0 Å². The van der Waals surface area contributed by atoms with E-state index in [1.807, 2.05) is 6.92 Å². The van der Waals surface area contributed by atoms with Gasteiger partial charge in [0, 0.05) is 38.4 Å². The number of nitrogens with one attached hydrogen (secondary N) is 1. The van der Waals surface area contributed by atoms with Gasteiger partial charge in [0.2, 0.25) is 10.0 Å². The number of ether oxygens (including phenoxy) is 1. The first-order valence-corrected chi connectivity index (χ1v) is 13.6. The lowest BCUT2D eigenvalue weighted by Gasteiger charge is -2.32. The predicted molar refractivity (Wildman–Crippen MR) is 109 cm³/mol. The van der Waals surface area contributed by atoms with Crippen molar-refractivity contribution in [1.82, 2.24) is 9.62 Å². The van der Waals surface area contributed by atoms with E-state index in [4.69, 9.17) is 9.88 Å². The van der Waals surface area contributed by atoms with Crippen molar-refractivity contribution >= 4 is 43.1 Å². The van der Waals surface area contributed by atoms with Gasteiger partial charge < -0.3 is 10.1 Å². The van der Waals surface area contributed by atoms with Gasteiger partial charge in [0.05, 0.1) is 0 Å². The number of primary sulfonamides is 1. The van der Waals surface area contributed by atoms with Gasteiger partial charge in [-0.1, -0.05) is 6.92 Å². The molecule has 1 aromatic heterocycles. The molecule has 0 radical (unpaired) electrons. The molecule has 0 bridgehead atoms. The lowest BCUT2D eigenvalue weighted by Crippen LogP contribution is -2.43. The number of sulfonamides is 2. The Labute approximate surface area is 169 Å². The van der Waals surface area contributed by atoms with Gasteiger partial charge in [-0.3, -0.25) is 0 Å². The van der Waals surface area contributed by atoms with Crippen LogP contribution in [0.15, 0.2) is 14.5 Å². The molecule has 0 fully saturated rings. The maximum absolute atomic E-state index is 12.9. The molecule has 0 aliphatic carbocycles. The van der Waals surface area contributed by atoms with Crippen LogP contribution in [-0.4, -0.2) is 66.0 Å². The topological polar surface area (TPSA) is 119 Å². The molecule has 2 rings (SSSR count). The molecule has 0 amide bonds. The fourth-order valence-electron chi connectivity index (χ4n) is 2.85. The van der Waals surface area contributed by atoms with E-state index in [2.05, 4.69) is 5.32 Å². The Morgan fingerprint density at radius 2 is 2.11 bits per heavy atom. The molecular formula is C15H27N3O5S4. The van der Waals surface area contributed by atoms with Crippen molar-refractivity contribution in [3.05, 3.63) is 11.6 Å². The Bertz CT molecular complexity index is 823. The molecule has 0 saturated heterocycles. The van der Waals surface area contributed by atoms with E-state index in [0.717, 1.165) is 42.3 Å². The minimum absolute atomic E-state index is 0.0801. The van der Waals surface area contributed by atoms with Gasteiger partial charge in [-0.15, -0.1) is 11.3 Å². The maximum atomic E-state index is 12.9. The third-order valence-corrected chi connectivity index (χ3v) is 10.2. The molecule has 0 saturated carbocycles. The second-order valence-corrected chi connectivity index (χ2v) is 12.3. The SMILES string of the molecule is CCNC1CN(CCCSCCCOC)S(=O)(=O)c2sc(S(N)(=O)=O)cc21. The molecular weight excluding hydrogens is 430 g/mol. The standard InChI is InChI=1S/C15H27N3O5S4/c1-3-17-13-11-18(6-4-8-24-9-5-7-23-2)27(21,22)15-12(13)10-14(25-15)26(16,19)20/h10,13,17H,3-9,11H2,1-2H3,(H2,16,19,20). The fourth-order valence-corrected chi connectivity index (χ4v) is 8.02. The molecule has 27 heavy (non-hydrogen) atoms. The maximum Gasteiger partial charge on any atom is 0.252 e. The number of hydrogen-bond acceptors (Lipinski definition) is 8. The molecule has 1 atom stereocenters. The second-order valence-electron chi connectivity index (χ2n) is 6.14. The molecule has 1 aromatic rings. The van der Waals surface area contributed by atoms with Crippen LogP contribution in [0.2, 0.25) is 0 Å². The Morgan fingerprint density at radius 3 is 2.74 bits per heavy atom. The zero-order valence-electron chi connectivity index (χ0n) is 15.5. The van der Waals surface area contributed by atoms with Crippen LogP contribution in [0.4, 0.5) is 0 Å². The Balaban J connectivity index is 2.11. The van der Waals surface area contributed by atoms with Crippen molar-refractivity contribution in [3.8, 4) is 0 Å². The van der Waals surface area contributed by atoms with Gasteiger partial charge in [-0.2, -0.15) is 16.1 Å². The van der Waals surface area contributed by atoms with Crippen LogP contribution in [-0.2, 0) is 24.8 Å². The van der Waals surface area contributed by atoms with Crippen LogP contribution >= 0.6 is 23.1 Å². The van der Waals surface area contributed by atoms with E-state index in [1.165, 1.54) is 10.4 Å². The summed E-state index contributed by atoms with van der Waals surface area (Å²) in [7, 11) is -5.98. The number of nitrogens with zero attached hydrogens (tertiary/aromatic N) is 1. The highest BCUT2D eigenvalue weighted by molar-refractivity contribution is 7.99. The summed E-state index contributed by atoms with van der Waals surface area (Å²) >= 11 is 2.51. The first kappa shape index (κ1) is 23.1. The first-order valence-electron chi connectivity index (χ1n) is 8.68. The number of thioether (sulfide) groups is 1. The molecule has 0 spiro atoms. The van der Waals surface area contributed by atoms with Crippen molar-refractivity contribution < 1.29 is 21.6 Å². The lowest BCUT2D eigenvalue weighted by molar-refractivity contribution is 0.200. The Morgan fingerprint density at radius 1 is 1.41 bits per heavy atom. The Hall–Kier alpha value is -0.210. The lowest BCUT2D eigenvalue weighted by atomic mass is 10.1. The summed E-state index contributed by atoms with van der Waals surface area (Å²) in [6.45, 7) is 4.00. The molecule has 1 unspecified atom stereocenters. The third-order valence-electron chi connectivity index (χ3n) is 4.10. The van der Waals surface area contributed by atoms with Gasteiger partial charge in [0.1, 0.15) is 8.42 Å². The number of nitrogens with two attached hydrogens (primary N) is 1. The fraction of sp³-hybridized carbons (Fsp3) is 0.733. The zero-order valence-corrected chi connectivity index (χ0v) is 18.8. The monoisotopic (exact) mass is 457 g/mol. The van der Waals surface area contributed by atoms with Crippen molar-refractivity contribution in [1.29, 1.82) is 0 Å². The number of fused-ring (bicyclic) bond motifs is 1. The van der Waals surface area contributed by atoms with E-state index >= 15 is 0 Å². The minimum Gasteiger partial charge on any atom is -0.385 e. The first-order chi connectivity index (χ1) is 12.7. The molecule has 12 heteroatoms. The van der Waals surface area contributed by atoms with Crippen LogP contribution in [0.1, 0.15) is 31.4 Å².